The number of likely N-dealkylation sites (tertiary alicyclic amines) is 2. The molecule has 0 aliphatic carbocycles. The van der Waals surface area contributed by atoms with Crippen molar-refractivity contribution < 1.29 is 23.0 Å². The zero-order valence-corrected chi connectivity index (χ0v) is 17.9. The quantitative estimate of drug-likeness (QED) is 0.728. The van der Waals surface area contributed by atoms with Gasteiger partial charge in [-0.25, -0.2) is 8.78 Å². The van der Waals surface area contributed by atoms with Gasteiger partial charge in [0.25, 0.3) is 5.91 Å². The second kappa shape index (κ2) is 8.78. The fraction of sp³-hybridized carbons (Fsp3) is 0.409. The van der Waals surface area contributed by atoms with Gasteiger partial charge >= 0.3 is 0 Å². The van der Waals surface area contributed by atoms with E-state index in [4.69, 9.17) is 9.47 Å². The van der Waals surface area contributed by atoms with Crippen molar-refractivity contribution in [3.05, 3.63) is 59.2 Å². The first-order valence-corrected chi connectivity index (χ1v) is 9.60. The Kier molecular flexibility index (Phi) is 6.53. The van der Waals surface area contributed by atoms with Gasteiger partial charge in [0.1, 0.15) is 5.75 Å². The maximum Gasteiger partial charge on any atom is 0.256 e. The van der Waals surface area contributed by atoms with Crippen LogP contribution in [0.4, 0.5) is 8.78 Å². The third-order valence-corrected chi connectivity index (χ3v) is 6.12. The van der Waals surface area contributed by atoms with E-state index in [-0.39, 0.29) is 29.9 Å². The molecule has 0 bridgehead atoms. The maximum absolute atomic E-state index is 14.6. The number of hydrogen-bond donors (Lipinski definition) is 0. The van der Waals surface area contributed by atoms with E-state index in [1.807, 2.05) is 12.1 Å². The molecule has 0 radical (unpaired) electrons. The van der Waals surface area contributed by atoms with E-state index >= 15 is 0 Å². The van der Waals surface area contributed by atoms with Crippen LogP contribution in [0.1, 0.15) is 22.0 Å². The van der Waals surface area contributed by atoms with Gasteiger partial charge in [0.05, 0.1) is 19.8 Å². The Morgan fingerprint density at radius 2 is 1.70 bits per heavy atom. The average Bonchev–Trinajstić information content (AvgIpc) is 3.25. The molecule has 2 heterocycles. The molecular weight excluding hydrogens is 414 g/mol. The van der Waals surface area contributed by atoms with Crippen molar-refractivity contribution >= 4 is 18.3 Å². The number of halogens is 3. The SMILES string of the molecule is COc1ccc([C@@H]2[C@@H]3CN(C(=O)c4ccc(F)c(OC)c4F)C[C@@H]3CN2C)cc1.Cl. The minimum Gasteiger partial charge on any atom is -0.497 e. The van der Waals surface area contributed by atoms with Crippen LogP contribution in [-0.2, 0) is 0 Å². The molecule has 0 N–H and O–H groups in total. The number of carbonyl (C=O) groups is 1. The van der Waals surface area contributed by atoms with Crippen LogP contribution in [0.2, 0.25) is 0 Å². The smallest absolute Gasteiger partial charge is 0.256 e. The fourth-order valence-electron chi connectivity index (χ4n) is 4.78. The number of carbonyl (C=O) groups excluding carboxylic acids is 1. The highest BCUT2D eigenvalue weighted by Crippen LogP contribution is 2.44. The summed E-state index contributed by atoms with van der Waals surface area (Å²) in [4.78, 5) is 16.9. The molecule has 30 heavy (non-hydrogen) atoms. The van der Waals surface area contributed by atoms with Gasteiger partial charge in [0.2, 0.25) is 0 Å². The summed E-state index contributed by atoms with van der Waals surface area (Å²) in [5.74, 6) is -1.35. The third kappa shape index (κ3) is 3.72. The summed E-state index contributed by atoms with van der Waals surface area (Å²) >= 11 is 0. The fourth-order valence-corrected chi connectivity index (χ4v) is 4.78. The van der Waals surface area contributed by atoms with Crippen LogP contribution in [0.5, 0.6) is 11.5 Å². The van der Waals surface area contributed by atoms with Gasteiger partial charge in [-0.2, -0.15) is 0 Å². The lowest BCUT2D eigenvalue weighted by molar-refractivity contribution is 0.0762. The number of hydrogen-bond acceptors (Lipinski definition) is 4. The summed E-state index contributed by atoms with van der Waals surface area (Å²) < 4.78 is 38.3. The standard InChI is InChI=1S/C22H24F2N2O3.ClH/c1-25-10-14-11-26(22(27)16-8-9-18(23)21(29-3)19(16)24)12-17(14)20(25)13-4-6-15(28-2)7-5-13;/h4-9,14,17,20H,10-12H2,1-3H3;1H/t14-,17+,20+;/m0./s1. The number of ether oxygens (including phenoxy) is 2. The summed E-state index contributed by atoms with van der Waals surface area (Å²) in [5, 5.41) is 0. The highest BCUT2D eigenvalue weighted by Gasteiger charge is 2.47. The minimum absolute atomic E-state index is 0. The van der Waals surface area contributed by atoms with E-state index in [9.17, 15) is 13.6 Å². The van der Waals surface area contributed by atoms with Crippen LogP contribution in [0.15, 0.2) is 36.4 Å². The van der Waals surface area contributed by atoms with E-state index in [1.165, 1.54) is 18.7 Å². The van der Waals surface area contributed by atoms with Gasteiger partial charge in [0, 0.05) is 31.6 Å². The maximum atomic E-state index is 14.6. The molecule has 0 aromatic heterocycles. The monoisotopic (exact) mass is 438 g/mol. The summed E-state index contributed by atoms with van der Waals surface area (Å²) in [7, 11) is 4.91. The van der Waals surface area contributed by atoms with Crippen LogP contribution in [0.25, 0.3) is 0 Å². The second-order valence-corrected chi connectivity index (χ2v) is 7.73. The summed E-state index contributed by atoms with van der Waals surface area (Å²) in [6.07, 6.45) is 0. The average molecular weight is 439 g/mol. The number of fused-ring (bicyclic) bond motifs is 1. The molecular formula is C22H25ClF2N2O3. The Morgan fingerprint density at radius 3 is 2.33 bits per heavy atom. The Balaban J connectivity index is 0.00000256. The molecule has 4 rings (SSSR count). The minimum atomic E-state index is -0.946. The molecule has 1 amide bonds. The molecule has 2 aliphatic heterocycles. The summed E-state index contributed by atoms with van der Waals surface area (Å²) in [6.45, 7) is 1.95. The zero-order chi connectivity index (χ0) is 20.7. The number of rotatable bonds is 4. The molecule has 0 spiro atoms. The lowest BCUT2D eigenvalue weighted by Crippen LogP contribution is -2.34. The number of benzene rings is 2. The third-order valence-electron chi connectivity index (χ3n) is 6.12. The van der Waals surface area contributed by atoms with Crippen molar-refractivity contribution in [1.82, 2.24) is 9.80 Å². The number of nitrogens with zero attached hydrogens (tertiary/aromatic N) is 2. The van der Waals surface area contributed by atoms with Crippen molar-refractivity contribution in [1.29, 1.82) is 0 Å². The first kappa shape index (κ1) is 22.3. The largest absolute Gasteiger partial charge is 0.497 e. The van der Waals surface area contributed by atoms with Crippen LogP contribution in [-0.4, -0.2) is 56.6 Å². The zero-order valence-electron chi connectivity index (χ0n) is 17.1. The number of amides is 1. The van der Waals surface area contributed by atoms with Crippen molar-refractivity contribution in [2.24, 2.45) is 11.8 Å². The molecule has 0 saturated carbocycles. The molecule has 2 aromatic rings. The molecule has 8 heteroatoms. The molecule has 2 aliphatic rings. The van der Waals surface area contributed by atoms with Gasteiger partial charge in [0.15, 0.2) is 17.4 Å². The lowest BCUT2D eigenvalue weighted by Gasteiger charge is -2.27. The molecule has 2 aromatic carbocycles. The second-order valence-electron chi connectivity index (χ2n) is 7.73. The van der Waals surface area contributed by atoms with Crippen molar-refractivity contribution in [3.63, 3.8) is 0 Å². The van der Waals surface area contributed by atoms with Gasteiger partial charge in [-0.3, -0.25) is 9.69 Å². The van der Waals surface area contributed by atoms with Crippen molar-refractivity contribution in [2.75, 3.05) is 40.9 Å². The number of methoxy groups -OCH3 is 2. The Morgan fingerprint density at radius 1 is 1.00 bits per heavy atom. The molecule has 2 saturated heterocycles. The van der Waals surface area contributed by atoms with E-state index < -0.39 is 23.3 Å². The van der Waals surface area contributed by atoms with Gasteiger partial charge in [-0.05, 0) is 42.8 Å². The van der Waals surface area contributed by atoms with E-state index in [0.717, 1.165) is 18.4 Å². The van der Waals surface area contributed by atoms with Gasteiger partial charge in [-0.15, -0.1) is 12.4 Å². The predicted octanol–water partition coefficient (Wildman–Crippen LogP) is 3.78. The van der Waals surface area contributed by atoms with Gasteiger partial charge in [-0.1, -0.05) is 12.1 Å². The Hall–Kier alpha value is -2.38. The van der Waals surface area contributed by atoms with Crippen LogP contribution >= 0.6 is 12.4 Å². The molecule has 3 atom stereocenters. The van der Waals surface area contributed by atoms with Crippen molar-refractivity contribution in [2.45, 2.75) is 6.04 Å². The predicted molar refractivity (Wildman–Crippen MR) is 111 cm³/mol. The van der Waals surface area contributed by atoms with E-state index in [2.05, 4.69) is 24.1 Å². The molecule has 2 fully saturated rings. The highest BCUT2D eigenvalue weighted by molar-refractivity contribution is 5.95. The first-order valence-electron chi connectivity index (χ1n) is 9.60. The lowest BCUT2D eigenvalue weighted by atomic mass is 9.89. The van der Waals surface area contributed by atoms with E-state index in [1.54, 1.807) is 12.0 Å². The summed E-state index contributed by atoms with van der Waals surface area (Å²) in [5.41, 5.74) is 1.02. The van der Waals surface area contributed by atoms with Crippen LogP contribution in [0, 0.1) is 23.5 Å². The first-order chi connectivity index (χ1) is 13.9. The van der Waals surface area contributed by atoms with E-state index in [0.29, 0.717) is 19.0 Å². The Labute approximate surface area is 181 Å². The topological polar surface area (TPSA) is 42.0 Å². The molecule has 162 valence electrons. The van der Waals surface area contributed by atoms with Crippen molar-refractivity contribution in [3.8, 4) is 11.5 Å². The summed E-state index contributed by atoms with van der Waals surface area (Å²) in [6, 6.07) is 10.4. The van der Waals surface area contributed by atoms with Crippen LogP contribution < -0.4 is 9.47 Å². The highest BCUT2D eigenvalue weighted by atomic mass is 35.5. The van der Waals surface area contributed by atoms with Gasteiger partial charge < -0.3 is 14.4 Å². The Bertz CT molecular complexity index is 925. The normalized spacial score (nSPS) is 23.1. The molecule has 0 unspecified atom stereocenters. The van der Waals surface area contributed by atoms with Crippen LogP contribution in [0.3, 0.4) is 0 Å². The molecule has 5 nitrogen and oxygen atoms in total.